The molecule has 0 unspecified atom stereocenters. The zero-order valence-electron chi connectivity index (χ0n) is 12.0. The van der Waals surface area contributed by atoms with Gasteiger partial charge in [0.15, 0.2) is 18.2 Å². The number of methoxy groups -OCH3 is 1. The highest BCUT2D eigenvalue weighted by atomic mass is 35.5. The highest BCUT2D eigenvalue weighted by Gasteiger charge is 2.33. The summed E-state index contributed by atoms with van der Waals surface area (Å²) >= 11 is 6.13. The van der Waals surface area contributed by atoms with Crippen LogP contribution in [0.5, 0.6) is 11.5 Å². The predicted molar refractivity (Wildman–Crippen MR) is 81.7 cm³/mol. The fourth-order valence-corrected chi connectivity index (χ4v) is 2.44. The number of rotatable bonds is 5. The molecule has 1 aliphatic carbocycles. The molecule has 3 rings (SSSR count). The Hall–Kier alpha value is -2.21. The molecule has 116 valence electrons. The first kappa shape index (κ1) is 14.7. The summed E-state index contributed by atoms with van der Waals surface area (Å²) in [6, 6.07) is 5.19. The van der Waals surface area contributed by atoms with E-state index in [2.05, 4.69) is 4.98 Å². The summed E-state index contributed by atoms with van der Waals surface area (Å²) in [6.45, 7) is -0.0393. The first-order valence-corrected chi connectivity index (χ1v) is 7.22. The number of amides is 1. The van der Waals surface area contributed by atoms with Crippen molar-refractivity contribution in [2.24, 2.45) is 0 Å². The Labute approximate surface area is 132 Å². The first-order valence-electron chi connectivity index (χ1n) is 6.84. The molecular formula is C15H15ClN2O4. The molecule has 1 saturated carbocycles. The van der Waals surface area contributed by atoms with Crippen molar-refractivity contribution in [3.05, 3.63) is 29.4 Å². The highest BCUT2D eigenvalue weighted by Crippen LogP contribution is 2.35. The lowest BCUT2D eigenvalue weighted by molar-refractivity contribution is 0.0933. The van der Waals surface area contributed by atoms with Crippen molar-refractivity contribution in [1.82, 2.24) is 9.88 Å². The lowest BCUT2D eigenvalue weighted by Crippen LogP contribution is -2.35. The van der Waals surface area contributed by atoms with Crippen LogP contribution >= 0.6 is 11.6 Å². The Morgan fingerprint density at radius 2 is 2.23 bits per heavy atom. The minimum atomic E-state index is -0.983. The van der Waals surface area contributed by atoms with Crippen molar-refractivity contribution in [2.45, 2.75) is 18.9 Å². The number of hydrogen-bond donors (Lipinski definition) is 1. The van der Waals surface area contributed by atoms with E-state index >= 15 is 0 Å². The summed E-state index contributed by atoms with van der Waals surface area (Å²) < 4.78 is 10.9. The smallest absolute Gasteiger partial charge is 0.410 e. The Morgan fingerprint density at radius 3 is 2.86 bits per heavy atom. The van der Waals surface area contributed by atoms with Gasteiger partial charge in [-0.05, 0) is 25.0 Å². The van der Waals surface area contributed by atoms with Gasteiger partial charge in [-0.25, -0.2) is 4.79 Å². The summed E-state index contributed by atoms with van der Waals surface area (Å²) in [7, 11) is 1.52. The van der Waals surface area contributed by atoms with Gasteiger partial charge in [0.25, 0.3) is 0 Å². The van der Waals surface area contributed by atoms with Gasteiger partial charge in [-0.2, -0.15) is 0 Å². The van der Waals surface area contributed by atoms with Gasteiger partial charge in [-0.1, -0.05) is 11.6 Å². The van der Waals surface area contributed by atoms with Crippen LogP contribution in [0.15, 0.2) is 24.4 Å². The van der Waals surface area contributed by atoms with Gasteiger partial charge in [0.1, 0.15) is 0 Å². The minimum absolute atomic E-state index is 0.0393. The zero-order chi connectivity index (χ0) is 15.7. The monoisotopic (exact) mass is 322 g/mol. The zero-order valence-corrected chi connectivity index (χ0v) is 12.7. The van der Waals surface area contributed by atoms with Crippen LogP contribution in [0, 0.1) is 0 Å². The lowest BCUT2D eigenvalue weighted by Gasteiger charge is -2.20. The number of halogens is 1. The van der Waals surface area contributed by atoms with Crippen LogP contribution in [0.2, 0.25) is 5.02 Å². The number of ether oxygens (including phenoxy) is 2. The van der Waals surface area contributed by atoms with Gasteiger partial charge >= 0.3 is 6.09 Å². The van der Waals surface area contributed by atoms with Crippen LogP contribution in [0.1, 0.15) is 12.8 Å². The molecule has 1 N–H and O–H groups in total. The number of fused-ring (bicyclic) bond motifs is 1. The van der Waals surface area contributed by atoms with Crippen LogP contribution in [0.25, 0.3) is 10.9 Å². The molecule has 2 aromatic rings. The fraction of sp³-hybridized carbons (Fsp3) is 0.333. The summed E-state index contributed by atoms with van der Waals surface area (Å²) in [5.74, 6) is 0.931. The second-order valence-corrected chi connectivity index (χ2v) is 5.48. The van der Waals surface area contributed by atoms with Gasteiger partial charge in [0.05, 0.1) is 17.6 Å². The molecule has 22 heavy (non-hydrogen) atoms. The van der Waals surface area contributed by atoms with Crippen molar-refractivity contribution in [2.75, 3.05) is 13.8 Å². The summed E-state index contributed by atoms with van der Waals surface area (Å²) in [6.07, 6.45) is 2.38. The Balaban J connectivity index is 1.87. The number of carboxylic acid groups (broad SMARTS) is 1. The molecule has 0 spiro atoms. The maximum atomic E-state index is 11.2. The van der Waals surface area contributed by atoms with E-state index in [1.807, 2.05) is 0 Å². The van der Waals surface area contributed by atoms with Crippen molar-refractivity contribution >= 4 is 28.6 Å². The van der Waals surface area contributed by atoms with Gasteiger partial charge in [-0.15, -0.1) is 0 Å². The third-order valence-corrected chi connectivity index (χ3v) is 3.90. The van der Waals surface area contributed by atoms with E-state index in [1.165, 1.54) is 12.0 Å². The average Bonchev–Trinajstić information content (AvgIpc) is 3.31. The number of aromatic nitrogens is 1. The molecule has 1 fully saturated rings. The number of carbonyl (C=O) groups is 1. The van der Waals surface area contributed by atoms with Gasteiger partial charge < -0.3 is 14.6 Å². The number of pyridine rings is 1. The van der Waals surface area contributed by atoms with E-state index in [1.54, 1.807) is 24.4 Å². The first-order chi connectivity index (χ1) is 10.6. The Bertz CT molecular complexity index is 718. The van der Waals surface area contributed by atoms with E-state index < -0.39 is 6.09 Å². The normalized spacial score (nSPS) is 13.9. The lowest BCUT2D eigenvalue weighted by atomic mass is 10.2. The molecule has 1 aromatic carbocycles. The molecule has 0 saturated heterocycles. The van der Waals surface area contributed by atoms with E-state index in [-0.39, 0.29) is 12.8 Å². The van der Waals surface area contributed by atoms with Gasteiger partial charge in [-0.3, -0.25) is 9.88 Å². The molecular weight excluding hydrogens is 308 g/mol. The predicted octanol–water partition coefficient (Wildman–Crippen LogP) is 3.38. The molecule has 1 aromatic heterocycles. The number of hydrogen-bond acceptors (Lipinski definition) is 4. The quantitative estimate of drug-likeness (QED) is 0.854. The SMILES string of the molecule is COc1cc2c(Cl)ccnc2cc1OCN(C(=O)O)C1CC1. The maximum absolute atomic E-state index is 11.2. The van der Waals surface area contributed by atoms with E-state index in [9.17, 15) is 9.90 Å². The molecule has 0 bridgehead atoms. The molecule has 1 amide bonds. The van der Waals surface area contributed by atoms with Crippen LogP contribution in [0.4, 0.5) is 4.79 Å². The van der Waals surface area contributed by atoms with Crippen LogP contribution in [-0.2, 0) is 0 Å². The van der Waals surface area contributed by atoms with Crippen molar-refractivity contribution in [3.63, 3.8) is 0 Å². The highest BCUT2D eigenvalue weighted by molar-refractivity contribution is 6.35. The van der Waals surface area contributed by atoms with Crippen molar-refractivity contribution < 1.29 is 19.4 Å². The van der Waals surface area contributed by atoms with Gasteiger partial charge in [0, 0.05) is 23.7 Å². The summed E-state index contributed by atoms with van der Waals surface area (Å²) in [4.78, 5) is 16.7. The molecule has 0 radical (unpaired) electrons. The standard InChI is InChI=1S/C15H15ClN2O4/c1-21-13-6-10-11(16)4-5-17-12(10)7-14(13)22-8-18(15(19)20)9-2-3-9/h4-7,9H,2-3,8H2,1H3,(H,19,20). The molecule has 1 aliphatic rings. The summed E-state index contributed by atoms with van der Waals surface area (Å²) in [5, 5.41) is 10.5. The maximum Gasteiger partial charge on any atom is 0.410 e. The third kappa shape index (κ3) is 2.87. The Morgan fingerprint density at radius 1 is 1.45 bits per heavy atom. The van der Waals surface area contributed by atoms with Crippen molar-refractivity contribution in [3.8, 4) is 11.5 Å². The van der Waals surface area contributed by atoms with E-state index in [0.29, 0.717) is 22.0 Å². The van der Waals surface area contributed by atoms with Crippen molar-refractivity contribution in [1.29, 1.82) is 0 Å². The molecule has 6 nitrogen and oxygen atoms in total. The molecule has 7 heteroatoms. The van der Waals surface area contributed by atoms with E-state index in [4.69, 9.17) is 21.1 Å². The fourth-order valence-electron chi connectivity index (χ4n) is 2.23. The largest absolute Gasteiger partial charge is 0.493 e. The molecule has 0 atom stereocenters. The number of benzene rings is 1. The average molecular weight is 323 g/mol. The topological polar surface area (TPSA) is 71.9 Å². The third-order valence-electron chi connectivity index (χ3n) is 3.57. The minimum Gasteiger partial charge on any atom is -0.493 e. The van der Waals surface area contributed by atoms with Crippen LogP contribution < -0.4 is 9.47 Å². The Kier molecular flexibility index (Phi) is 3.94. The van der Waals surface area contributed by atoms with Crippen LogP contribution in [0.3, 0.4) is 0 Å². The van der Waals surface area contributed by atoms with Gasteiger partial charge in [0.2, 0.25) is 0 Å². The van der Waals surface area contributed by atoms with E-state index in [0.717, 1.165) is 18.2 Å². The second-order valence-electron chi connectivity index (χ2n) is 5.07. The van der Waals surface area contributed by atoms with Crippen LogP contribution in [-0.4, -0.2) is 41.0 Å². The second kappa shape index (κ2) is 5.88. The number of nitrogens with zero attached hydrogens (tertiary/aromatic N) is 2. The summed E-state index contributed by atoms with van der Waals surface area (Å²) in [5.41, 5.74) is 0.664. The molecule has 0 aliphatic heterocycles. The molecule has 1 heterocycles.